The van der Waals surface area contributed by atoms with Gasteiger partial charge in [0.05, 0.1) is 11.1 Å². The van der Waals surface area contributed by atoms with Crippen LogP contribution in [0.1, 0.15) is 28.4 Å². The number of carbonyl (C=O) groups is 1. The first-order chi connectivity index (χ1) is 7.94. The van der Waals surface area contributed by atoms with Gasteiger partial charge >= 0.3 is 12.4 Å². The highest BCUT2D eigenvalue weighted by molar-refractivity contribution is 14.1. The Kier molecular flexibility index (Phi) is 3.99. The molecule has 0 saturated heterocycles. The molecule has 1 nitrogen and oxygen atoms in total. The third-order valence-corrected chi connectivity index (χ3v) is 2.94. The molecule has 0 fully saturated rings. The van der Waals surface area contributed by atoms with E-state index in [4.69, 9.17) is 0 Å². The van der Waals surface area contributed by atoms with E-state index in [2.05, 4.69) is 0 Å². The van der Waals surface area contributed by atoms with Gasteiger partial charge in [0, 0.05) is 9.13 Å². The van der Waals surface area contributed by atoms with Gasteiger partial charge in [-0.1, -0.05) is 0 Å². The van der Waals surface area contributed by atoms with E-state index in [0.717, 1.165) is 35.6 Å². The minimum Gasteiger partial charge on any atom is -0.295 e. The molecule has 0 aliphatic heterocycles. The van der Waals surface area contributed by atoms with Crippen molar-refractivity contribution in [1.82, 2.24) is 0 Å². The second-order valence-corrected chi connectivity index (χ2v) is 4.59. The molecule has 1 rings (SSSR count). The highest BCUT2D eigenvalue weighted by Crippen LogP contribution is 2.43. The van der Waals surface area contributed by atoms with Crippen LogP contribution in [0.5, 0.6) is 0 Å². The molecule has 0 unspecified atom stereocenters. The van der Waals surface area contributed by atoms with Gasteiger partial charge in [0.2, 0.25) is 0 Å². The largest absolute Gasteiger partial charge is 0.418 e. The summed E-state index contributed by atoms with van der Waals surface area (Å²) in [5, 5.41) is 0. The van der Waals surface area contributed by atoms with E-state index in [0.29, 0.717) is 0 Å². The Morgan fingerprint density at radius 3 is 1.89 bits per heavy atom. The predicted molar refractivity (Wildman–Crippen MR) is 59.2 cm³/mol. The molecule has 1 aromatic rings. The Bertz CT molecular complexity index is 488. The van der Waals surface area contributed by atoms with E-state index < -0.39 is 38.4 Å². The summed E-state index contributed by atoms with van der Waals surface area (Å²) < 4.78 is 74.9. The van der Waals surface area contributed by atoms with Gasteiger partial charge in [-0.3, -0.25) is 4.79 Å². The summed E-state index contributed by atoms with van der Waals surface area (Å²) in [5.41, 5.74) is -4.01. The van der Waals surface area contributed by atoms with Gasteiger partial charge in [-0.2, -0.15) is 26.3 Å². The van der Waals surface area contributed by atoms with E-state index in [9.17, 15) is 31.1 Å². The molecule has 0 atom stereocenters. The summed E-state index contributed by atoms with van der Waals surface area (Å²) in [7, 11) is 0. The van der Waals surface area contributed by atoms with Crippen LogP contribution >= 0.6 is 22.6 Å². The maximum absolute atomic E-state index is 12.6. The van der Waals surface area contributed by atoms with Gasteiger partial charge in [-0.25, -0.2) is 0 Å². The van der Waals surface area contributed by atoms with Gasteiger partial charge in [-0.15, -0.1) is 0 Å². The van der Waals surface area contributed by atoms with Crippen molar-refractivity contribution in [2.45, 2.75) is 19.3 Å². The standard InChI is InChI=1S/C10H5F6IO/c1-4(18)5-2-6(9(11,12)13)8(7(17)3-5)10(14,15)16/h2-3H,1H3. The third kappa shape index (κ3) is 3.15. The first-order valence-corrected chi connectivity index (χ1v) is 5.51. The average Bonchev–Trinajstić information content (AvgIpc) is 2.12. The smallest absolute Gasteiger partial charge is 0.295 e. The molecule has 0 spiro atoms. The van der Waals surface area contributed by atoms with E-state index >= 15 is 0 Å². The molecule has 0 aromatic heterocycles. The van der Waals surface area contributed by atoms with Crippen molar-refractivity contribution in [3.8, 4) is 0 Å². The number of ketones is 1. The van der Waals surface area contributed by atoms with E-state index in [1.165, 1.54) is 0 Å². The van der Waals surface area contributed by atoms with Crippen molar-refractivity contribution >= 4 is 28.4 Å². The lowest BCUT2D eigenvalue weighted by Crippen LogP contribution is -2.19. The van der Waals surface area contributed by atoms with E-state index in [1.54, 1.807) is 0 Å². The molecular weight excluding hydrogens is 377 g/mol. The Hall–Kier alpha value is -0.800. The fourth-order valence-electron chi connectivity index (χ4n) is 1.32. The zero-order chi connectivity index (χ0) is 14.3. The topological polar surface area (TPSA) is 17.1 Å². The van der Waals surface area contributed by atoms with Crippen molar-refractivity contribution in [2.24, 2.45) is 0 Å². The van der Waals surface area contributed by atoms with E-state index in [1.807, 2.05) is 0 Å². The van der Waals surface area contributed by atoms with Crippen LogP contribution in [-0.4, -0.2) is 5.78 Å². The van der Waals surface area contributed by atoms with Gasteiger partial charge in [0.1, 0.15) is 0 Å². The lowest BCUT2D eigenvalue weighted by Gasteiger charge is -2.18. The molecule has 100 valence electrons. The van der Waals surface area contributed by atoms with Gasteiger partial charge in [-0.05, 0) is 41.6 Å². The fourth-order valence-corrected chi connectivity index (χ4v) is 2.25. The molecular formula is C10H5F6IO. The number of Topliss-reactive ketones (excluding diaryl/α,β-unsaturated/α-hetero) is 1. The van der Waals surface area contributed by atoms with Gasteiger partial charge in [0.25, 0.3) is 0 Å². The predicted octanol–water partition coefficient (Wildman–Crippen LogP) is 4.53. The normalized spacial score (nSPS) is 12.7. The number of benzene rings is 1. The van der Waals surface area contributed by atoms with Crippen molar-refractivity contribution < 1.29 is 31.1 Å². The molecule has 0 aliphatic carbocycles. The molecule has 0 radical (unpaired) electrons. The van der Waals surface area contributed by atoms with Crippen LogP contribution in [0.25, 0.3) is 0 Å². The van der Waals surface area contributed by atoms with Crippen LogP contribution in [0.3, 0.4) is 0 Å². The Morgan fingerprint density at radius 1 is 1.06 bits per heavy atom. The summed E-state index contributed by atoms with van der Waals surface area (Å²) in [4.78, 5) is 11.0. The lowest BCUT2D eigenvalue weighted by molar-refractivity contribution is -0.162. The fraction of sp³-hybridized carbons (Fsp3) is 0.300. The SMILES string of the molecule is CC(=O)c1cc(I)c(C(F)(F)F)c(C(F)(F)F)c1. The third-order valence-electron chi connectivity index (χ3n) is 2.09. The van der Waals surface area contributed by atoms with Crippen LogP contribution in [0.4, 0.5) is 26.3 Å². The maximum Gasteiger partial charge on any atom is 0.418 e. The quantitative estimate of drug-likeness (QED) is 0.396. The molecule has 18 heavy (non-hydrogen) atoms. The highest BCUT2D eigenvalue weighted by atomic mass is 127. The van der Waals surface area contributed by atoms with Crippen molar-refractivity contribution in [3.05, 3.63) is 32.4 Å². The van der Waals surface area contributed by atoms with Crippen LogP contribution in [0.2, 0.25) is 0 Å². The van der Waals surface area contributed by atoms with Crippen LogP contribution in [0.15, 0.2) is 12.1 Å². The zero-order valence-corrected chi connectivity index (χ0v) is 10.9. The van der Waals surface area contributed by atoms with Crippen LogP contribution < -0.4 is 0 Å². The summed E-state index contributed by atoms with van der Waals surface area (Å²) >= 11 is 1.14. The molecule has 0 aliphatic rings. The molecule has 0 N–H and O–H groups in total. The number of carbonyl (C=O) groups excluding carboxylic acids is 1. The Balaban J connectivity index is 3.67. The molecule has 1 aromatic carbocycles. The highest BCUT2D eigenvalue weighted by Gasteiger charge is 2.45. The zero-order valence-electron chi connectivity index (χ0n) is 8.71. The van der Waals surface area contributed by atoms with Crippen LogP contribution in [-0.2, 0) is 12.4 Å². The second kappa shape index (κ2) is 4.71. The van der Waals surface area contributed by atoms with Gasteiger partial charge in [0.15, 0.2) is 5.78 Å². The summed E-state index contributed by atoms with van der Waals surface area (Å²) in [5.74, 6) is -0.729. The molecule has 8 heteroatoms. The summed E-state index contributed by atoms with van der Waals surface area (Å²) in [6.45, 7) is 0.985. The van der Waals surface area contributed by atoms with E-state index in [-0.39, 0.29) is 6.07 Å². The Labute approximate surface area is 111 Å². The summed E-state index contributed by atoms with van der Waals surface area (Å²) in [6, 6.07) is 1.02. The molecule has 0 saturated carbocycles. The first kappa shape index (κ1) is 15.3. The van der Waals surface area contributed by atoms with Crippen LogP contribution in [0, 0.1) is 3.57 Å². The summed E-state index contributed by atoms with van der Waals surface area (Å²) in [6.07, 6.45) is -10.3. The van der Waals surface area contributed by atoms with Crippen molar-refractivity contribution in [1.29, 1.82) is 0 Å². The number of alkyl halides is 6. The molecule has 0 bridgehead atoms. The maximum atomic E-state index is 12.6. The molecule has 0 amide bonds. The average molecular weight is 382 g/mol. The number of hydrogen-bond acceptors (Lipinski definition) is 1. The minimum atomic E-state index is -5.17. The lowest BCUT2D eigenvalue weighted by atomic mass is 10.0. The first-order valence-electron chi connectivity index (χ1n) is 4.43. The Morgan fingerprint density at radius 2 is 1.56 bits per heavy atom. The minimum absolute atomic E-state index is 0.229. The monoisotopic (exact) mass is 382 g/mol. The number of rotatable bonds is 1. The number of halogens is 7. The number of hydrogen-bond donors (Lipinski definition) is 0. The second-order valence-electron chi connectivity index (χ2n) is 3.43. The molecule has 0 heterocycles. The van der Waals surface area contributed by atoms with Crippen molar-refractivity contribution in [2.75, 3.05) is 0 Å². The van der Waals surface area contributed by atoms with Crippen molar-refractivity contribution in [3.63, 3.8) is 0 Å². The van der Waals surface area contributed by atoms with Gasteiger partial charge < -0.3 is 0 Å².